The van der Waals surface area contributed by atoms with Gasteiger partial charge in [-0.3, -0.25) is 4.79 Å². The van der Waals surface area contributed by atoms with Crippen molar-refractivity contribution in [3.05, 3.63) is 66.0 Å². The lowest BCUT2D eigenvalue weighted by atomic mass is 10.0. The maximum atomic E-state index is 13.1. The molecule has 122 valence electrons. The second kappa shape index (κ2) is 7.19. The molecule has 2 aromatic carbocycles. The largest absolute Gasteiger partial charge is 0.396 e. The van der Waals surface area contributed by atoms with E-state index in [0.717, 1.165) is 10.9 Å². The molecule has 3 rings (SSSR count). The molecule has 0 fully saturated rings. The molecule has 2 N–H and O–H groups in total. The van der Waals surface area contributed by atoms with Crippen LogP contribution in [0, 0.1) is 5.82 Å². The zero-order valence-corrected chi connectivity index (χ0v) is 13.0. The smallest absolute Gasteiger partial charge is 0.252 e. The molecular formula is C19H17FN2O2. The maximum absolute atomic E-state index is 13.1. The van der Waals surface area contributed by atoms with Crippen LogP contribution in [0.1, 0.15) is 16.8 Å². The zero-order chi connectivity index (χ0) is 16.9. The molecule has 0 spiro atoms. The lowest BCUT2D eigenvalue weighted by Gasteiger charge is -2.10. The first-order valence-electron chi connectivity index (χ1n) is 7.74. The number of nitrogens with one attached hydrogen (secondary N) is 1. The van der Waals surface area contributed by atoms with E-state index in [1.807, 2.05) is 24.3 Å². The molecule has 3 aromatic rings. The fourth-order valence-corrected chi connectivity index (χ4v) is 2.51. The van der Waals surface area contributed by atoms with Gasteiger partial charge in [-0.25, -0.2) is 9.37 Å². The van der Waals surface area contributed by atoms with Crippen molar-refractivity contribution in [3.8, 4) is 11.3 Å². The van der Waals surface area contributed by atoms with E-state index in [4.69, 9.17) is 5.11 Å². The predicted molar refractivity (Wildman–Crippen MR) is 91.2 cm³/mol. The van der Waals surface area contributed by atoms with Gasteiger partial charge < -0.3 is 10.4 Å². The summed E-state index contributed by atoms with van der Waals surface area (Å²) >= 11 is 0. The van der Waals surface area contributed by atoms with E-state index < -0.39 is 0 Å². The summed E-state index contributed by atoms with van der Waals surface area (Å²) in [6.45, 7) is 0.427. The number of benzene rings is 2. The van der Waals surface area contributed by atoms with Gasteiger partial charge in [0, 0.05) is 24.1 Å². The van der Waals surface area contributed by atoms with Crippen LogP contribution in [-0.2, 0) is 0 Å². The molecule has 0 aliphatic carbocycles. The van der Waals surface area contributed by atoms with Crippen LogP contribution in [0.15, 0.2) is 54.6 Å². The third-order valence-electron chi connectivity index (χ3n) is 3.72. The Morgan fingerprint density at radius 1 is 1.12 bits per heavy atom. The number of nitrogens with zero attached hydrogens (tertiary/aromatic N) is 1. The van der Waals surface area contributed by atoms with E-state index in [0.29, 0.717) is 29.7 Å². The molecule has 0 aliphatic rings. The first-order chi connectivity index (χ1) is 11.7. The molecule has 4 nitrogen and oxygen atoms in total. The number of aliphatic hydroxyl groups excluding tert-OH is 1. The van der Waals surface area contributed by atoms with Crippen molar-refractivity contribution in [2.75, 3.05) is 13.2 Å². The molecule has 0 aliphatic heterocycles. The van der Waals surface area contributed by atoms with Crippen molar-refractivity contribution >= 4 is 16.8 Å². The number of aromatic nitrogens is 1. The topological polar surface area (TPSA) is 62.2 Å². The summed E-state index contributed by atoms with van der Waals surface area (Å²) in [4.78, 5) is 17.1. The monoisotopic (exact) mass is 324 g/mol. The highest BCUT2D eigenvalue weighted by Crippen LogP contribution is 2.25. The molecule has 24 heavy (non-hydrogen) atoms. The number of halogens is 1. The fourth-order valence-electron chi connectivity index (χ4n) is 2.51. The summed E-state index contributed by atoms with van der Waals surface area (Å²) in [5.74, 6) is -0.535. The summed E-state index contributed by atoms with van der Waals surface area (Å²) in [6.07, 6.45) is 0.500. The minimum absolute atomic E-state index is 0.0260. The molecule has 0 bridgehead atoms. The van der Waals surface area contributed by atoms with Crippen LogP contribution in [0.25, 0.3) is 22.2 Å². The summed E-state index contributed by atoms with van der Waals surface area (Å²) in [7, 11) is 0. The van der Waals surface area contributed by atoms with E-state index in [-0.39, 0.29) is 18.3 Å². The van der Waals surface area contributed by atoms with Crippen LogP contribution in [0.4, 0.5) is 4.39 Å². The number of amides is 1. The Hall–Kier alpha value is -2.79. The maximum Gasteiger partial charge on any atom is 0.252 e. The minimum atomic E-state index is -0.318. The third-order valence-corrected chi connectivity index (χ3v) is 3.72. The van der Waals surface area contributed by atoms with Gasteiger partial charge in [0.25, 0.3) is 5.91 Å². The van der Waals surface area contributed by atoms with Crippen molar-refractivity contribution in [2.45, 2.75) is 6.42 Å². The Balaban J connectivity index is 2.05. The molecule has 0 saturated carbocycles. The van der Waals surface area contributed by atoms with Gasteiger partial charge >= 0.3 is 0 Å². The van der Waals surface area contributed by atoms with Crippen molar-refractivity contribution in [1.29, 1.82) is 0 Å². The van der Waals surface area contributed by atoms with Crippen LogP contribution < -0.4 is 5.32 Å². The molecule has 0 radical (unpaired) electrons. The molecule has 1 heterocycles. The van der Waals surface area contributed by atoms with Crippen molar-refractivity contribution in [2.24, 2.45) is 0 Å². The zero-order valence-electron chi connectivity index (χ0n) is 13.0. The summed E-state index contributed by atoms with van der Waals surface area (Å²) in [6, 6.07) is 15.1. The van der Waals surface area contributed by atoms with Crippen LogP contribution in [0.3, 0.4) is 0 Å². The standard InChI is InChI=1S/C19H17FN2O2/c20-14-8-6-13(7-9-14)18-12-16(19(24)21-10-3-11-23)15-4-1-2-5-17(15)22-18/h1-2,4-9,12,23H,3,10-11H2,(H,21,24). The Bertz CT molecular complexity index is 863. The number of fused-ring (bicyclic) bond motifs is 1. The van der Waals surface area contributed by atoms with Gasteiger partial charge in [-0.05, 0) is 42.8 Å². The second-order valence-electron chi connectivity index (χ2n) is 5.41. The Kier molecular flexibility index (Phi) is 4.82. The van der Waals surface area contributed by atoms with Gasteiger partial charge in [0.2, 0.25) is 0 Å². The van der Waals surface area contributed by atoms with E-state index in [1.165, 1.54) is 12.1 Å². The van der Waals surface area contributed by atoms with Crippen molar-refractivity contribution < 1.29 is 14.3 Å². The number of carbonyl (C=O) groups is 1. The summed E-state index contributed by atoms with van der Waals surface area (Å²) in [5.41, 5.74) is 2.57. The first-order valence-corrected chi connectivity index (χ1v) is 7.74. The lowest BCUT2D eigenvalue weighted by molar-refractivity contribution is 0.0953. The summed E-state index contributed by atoms with van der Waals surface area (Å²) in [5, 5.41) is 12.4. The van der Waals surface area contributed by atoms with Gasteiger partial charge in [0.1, 0.15) is 5.82 Å². The number of para-hydroxylation sites is 1. The molecule has 0 unspecified atom stereocenters. The van der Waals surface area contributed by atoms with E-state index in [9.17, 15) is 9.18 Å². The van der Waals surface area contributed by atoms with E-state index in [2.05, 4.69) is 10.3 Å². The fraction of sp³-hybridized carbons (Fsp3) is 0.158. The van der Waals surface area contributed by atoms with Gasteiger partial charge in [-0.15, -0.1) is 0 Å². The molecule has 1 amide bonds. The van der Waals surface area contributed by atoms with Gasteiger partial charge in [0.15, 0.2) is 0 Å². The van der Waals surface area contributed by atoms with E-state index in [1.54, 1.807) is 18.2 Å². The SMILES string of the molecule is O=C(NCCCO)c1cc(-c2ccc(F)cc2)nc2ccccc12. The quantitative estimate of drug-likeness (QED) is 0.709. The highest BCUT2D eigenvalue weighted by atomic mass is 19.1. The molecule has 1 aromatic heterocycles. The van der Waals surface area contributed by atoms with Crippen LogP contribution in [0.5, 0.6) is 0 Å². The normalized spacial score (nSPS) is 10.8. The minimum Gasteiger partial charge on any atom is -0.396 e. The lowest BCUT2D eigenvalue weighted by Crippen LogP contribution is -2.25. The number of pyridine rings is 1. The number of rotatable bonds is 5. The number of hydrogen-bond donors (Lipinski definition) is 2. The second-order valence-corrected chi connectivity index (χ2v) is 5.41. The Labute approximate surface area is 139 Å². The Morgan fingerprint density at radius 2 is 1.88 bits per heavy atom. The van der Waals surface area contributed by atoms with Gasteiger partial charge in [-0.2, -0.15) is 0 Å². The Morgan fingerprint density at radius 3 is 2.62 bits per heavy atom. The molecular weight excluding hydrogens is 307 g/mol. The highest BCUT2D eigenvalue weighted by molar-refractivity contribution is 6.07. The van der Waals surface area contributed by atoms with Crippen LogP contribution in [-0.4, -0.2) is 29.1 Å². The predicted octanol–water partition coefficient (Wildman–Crippen LogP) is 3.15. The van der Waals surface area contributed by atoms with E-state index >= 15 is 0 Å². The number of aliphatic hydroxyl groups is 1. The van der Waals surface area contributed by atoms with Crippen molar-refractivity contribution in [1.82, 2.24) is 10.3 Å². The number of hydrogen-bond acceptors (Lipinski definition) is 3. The summed E-state index contributed by atoms with van der Waals surface area (Å²) < 4.78 is 13.1. The third kappa shape index (κ3) is 3.41. The highest BCUT2D eigenvalue weighted by Gasteiger charge is 2.13. The first kappa shape index (κ1) is 16.1. The number of carbonyl (C=O) groups excluding carboxylic acids is 1. The van der Waals surface area contributed by atoms with Gasteiger partial charge in [-0.1, -0.05) is 18.2 Å². The van der Waals surface area contributed by atoms with Crippen LogP contribution in [0.2, 0.25) is 0 Å². The molecule has 0 atom stereocenters. The molecule has 0 saturated heterocycles. The average Bonchev–Trinajstić information content (AvgIpc) is 2.61. The van der Waals surface area contributed by atoms with Crippen LogP contribution >= 0.6 is 0 Å². The van der Waals surface area contributed by atoms with Gasteiger partial charge in [0.05, 0.1) is 16.8 Å². The average molecular weight is 324 g/mol. The van der Waals surface area contributed by atoms with Crippen molar-refractivity contribution in [3.63, 3.8) is 0 Å². The molecule has 5 heteroatoms.